The van der Waals surface area contributed by atoms with Crippen molar-refractivity contribution >= 4 is 32.7 Å². The second-order valence-corrected chi connectivity index (χ2v) is 8.57. The van der Waals surface area contributed by atoms with E-state index in [1.165, 1.54) is 5.69 Å². The fourth-order valence-corrected chi connectivity index (χ4v) is 4.55. The third-order valence-electron chi connectivity index (χ3n) is 5.75. The van der Waals surface area contributed by atoms with E-state index in [0.29, 0.717) is 23.9 Å². The summed E-state index contributed by atoms with van der Waals surface area (Å²) in [4.78, 5) is 32.3. The van der Waals surface area contributed by atoms with Gasteiger partial charge in [-0.3, -0.25) is 14.2 Å². The number of halogens is 1. The second-order valence-electron chi connectivity index (χ2n) is 7.65. The lowest BCUT2D eigenvalue weighted by Gasteiger charge is -2.31. The number of rotatable bonds is 4. The van der Waals surface area contributed by atoms with Crippen molar-refractivity contribution in [2.75, 3.05) is 6.54 Å². The molecule has 1 atom stereocenters. The Hall–Kier alpha value is -2.41. The Balaban J connectivity index is 1.54. The minimum atomic E-state index is -0.112. The van der Waals surface area contributed by atoms with E-state index in [2.05, 4.69) is 31.5 Å². The van der Waals surface area contributed by atoms with E-state index >= 15 is 0 Å². The Labute approximate surface area is 178 Å². The number of aryl methyl sites for hydroxylation is 2. The minimum absolute atomic E-state index is 0.0966. The van der Waals surface area contributed by atoms with Crippen molar-refractivity contribution in [2.24, 2.45) is 7.05 Å². The number of likely N-dealkylation sites (tertiary alicyclic amines) is 1. The molecule has 0 saturated carbocycles. The molecule has 29 heavy (non-hydrogen) atoms. The zero-order chi connectivity index (χ0) is 20.4. The molecule has 4 rings (SSSR count). The van der Waals surface area contributed by atoms with Crippen molar-refractivity contribution in [3.05, 3.63) is 63.4 Å². The SMILES string of the molecule is Cn1cccc1[C@@H]1CCCCCN1C(=O)CCn1cnc2ccc(Br)cc2c1=O. The van der Waals surface area contributed by atoms with E-state index in [9.17, 15) is 9.59 Å². The van der Waals surface area contributed by atoms with E-state index in [1.807, 2.05) is 36.3 Å². The summed E-state index contributed by atoms with van der Waals surface area (Å²) in [5.41, 5.74) is 1.73. The van der Waals surface area contributed by atoms with Gasteiger partial charge < -0.3 is 9.47 Å². The van der Waals surface area contributed by atoms with E-state index in [4.69, 9.17) is 0 Å². The first-order valence-electron chi connectivity index (χ1n) is 10.1. The topological polar surface area (TPSA) is 60.1 Å². The van der Waals surface area contributed by atoms with Crippen LogP contribution >= 0.6 is 15.9 Å². The lowest BCUT2D eigenvalue weighted by Crippen LogP contribution is -2.36. The maximum Gasteiger partial charge on any atom is 0.261 e. The molecule has 6 nitrogen and oxygen atoms in total. The summed E-state index contributed by atoms with van der Waals surface area (Å²) in [6, 6.07) is 9.70. The van der Waals surface area contributed by atoms with Gasteiger partial charge in [0.15, 0.2) is 0 Å². The smallest absolute Gasteiger partial charge is 0.261 e. The van der Waals surface area contributed by atoms with Crippen LogP contribution in [0.1, 0.15) is 43.8 Å². The number of amides is 1. The fraction of sp³-hybridized carbons (Fsp3) is 0.409. The summed E-state index contributed by atoms with van der Waals surface area (Å²) in [6.07, 6.45) is 8.15. The average molecular weight is 457 g/mol. The average Bonchev–Trinajstić information content (AvgIpc) is 2.99. The van der Waals surface area contributed by atoms with Gasteiger partial charge >= 0.3 is 0 Å². The number of hydrogen-bond donors (Lipinski definition) is 0. The van der Waals surface area contributed by atoms with Crippen molar-refractivity contribution in [3.63, 3.8) is 0 Å². The predicted molar refractivity (Wildman–Crippen MR) is 117 cm³/mol. The van der Waals surface area contributed by atoms with Gasteiger partial charge in [-0.05, 0) is 43.2 Å². The highest BCUT2D eigenvalue weighted by Gasteiger charge is 2.28. The number of aromatic nitrogens is 3. The van der Waals surface area contributed by atoms with Crippen molar-refractivity contribution in [1.82, 2.24) is 19.0 Å². The first-order chi connectivity index (χ1) is 14.0. The number of hydrogen-bond acceptors (Lipinski definition) is 3. The van der Waals surface area contributed by atoms with Crippen molar-refractivity contribution in [2.45, 2.75) is 44.7 Å². The molecule has 1 amide bonds. The molecule has 1 fully saturated rings. The molecule has 7 heteroatoms. The fourth-order valence-electron chi connectivity index (χ4n) is 4.19. The van der Waals surface area contributed by atoms with Crippen LogP contribution in [0.5, 0.6) is 0 Å². The van der Waals surface area contributed by atoms with Gasteiger partial charge in [-0.2, -0.15) is 0 Å². The van der Waals surface area contributed by atoms with Crippen molar-refractivity contribution in [3.8, 4) is 0 Å². The molecule has 3 aromatic rings. The molecule has 0 aliphatic carbocycles. The summed E-state index contributed by atoms with van der Waals surface area (Å²) in [7, 11) is 2.03. The monoisotopic (exact) mass is 456 g/mol. The maximum absolute atomic E-state index is 13.1. The summed E-state index contributed by atoms with van der Waals surface area (Å²) in [6.45, 7) is 1.11. The Morgan fingerprint density at radius 3 is 2.90 bits per heavy atom. The zero-order valence-electron chi connectivity index (χ0n) is 16.6. The number of nitrogens with zero attached hydrogens (tertiary/aromatic N) is 4. The molecule has 152 valence electrons. The minimum Gasteiger partial charge on any atom is -0.353 e. The summed E-state index contributed by atoms with van der Waals surface area (Å²) < 4.78 is 4.49. The number of carbonyl (C=O) groups is 1. The Bertz CT molecular complexity index is 1090. The largest absolute Gasteiger partial charge is 0.353 e. The molecular formula is C22H25BrN4O2. The maximum atomic E-state index is 13.1. The molecule has 3 heterocycles. The first kappa shape index (κ1) is 19.9. The van der Waals surface area contributed by atoms with Crippen LogP contribution < -0.4 is 5.56 Å². The van der Waals surface area contributed by atoms with Gasteiger partial charge in [-0.15, -0.1) is 0 Å². The normalized spacial score (nSPS) is 17.4. The van der Waals surface area contributed by atoms with Gasteiger partial charge in [0.25, 0.3) is 5.56 Å². The first-order valence-corrected chi connectivity index (χ1v) is 10.9. The summed E-state index contributed by atoms with van der Waals surface area (Å²) >= 11 is 3.41. The highest BCUT2D eigenvalue weighted by molar-refractivity contribution is 9.10. The summed E-state index contributed by atoms with van der Waals surface area (Å²) in [5, 5.41) is 0.561. The molecule has 1 aliphatic rings. The Morgan fingerprint density at radius 2 is 2.10 bits per heavy atom. The van der Waals surface area contributed by atoms with E-state index < -0.39 is 0 Å². The van der Waals surface area contributed by atoms with Crippen LogP contribution in [0, 0.1) is 0 Å². The lowest BCUT2D eigenvalue weighted by atomic mass is 10.1. The Morgan fingerprint density at radius 1 is 1.24 bits per heavy atom. The van der Waals surface area contributed by atoms with Gasteiger partial charge in [0.2, 0.25) is 5.91 Å². The molecule has 1 aliphatic heterocycles. The van der Waals surface area contributed by atoms with Gasteiger partial charge in [-0.1, -0.05) is 28.8 Å². The molecular weight excluding hydrogens is 432 g/mol. The molecule has 1 aromatic carbocycles. The van der Waals surface area contributed by atoms with Crippen LogP contribution in [0.25, 0.3) is 10.9 Å². The van der Waals surface area contributed by atoms with Crippen LogP contribution in [0.3, 0.4) is 0 Å². The van der Waals surface area contributed by atoms with Crippen molar-refractivity contribution in [1.29, 1.82) is 0 Å². The van der Waals surface area contributed by atoms with Crippen LogP contribution in [-0.2, 0) is 18.4 Å². The Kier molecular flexibility index (Phi) is 5.85. The van der Waals surface area contributed by atoms with E-state index in [0.717, 1.165) is 36.7 Å². The van der Waals surface area contributed by atoms with E-state index in [1.54, 1.807) is 17.0 Å². The van der Waals surface area contributed by atoms with Gasteiger partial charge in [0.05, 0.1) is 23.3 Å². The van der Waals surface area contributed by atoms with E-state index in [-0.39, 0.29) is 17.5 Å². The van der Waals surface area contributed by atoms with Crippen LogP contribution in [-0.4, -0.2) is 31.5 Å². The van der Waals surface area contributed by atoms with Gasteiger partial charge in [0.1, 0.15) is 0 Å². The predicted octanol–water partition coefficient (Wildman–Crippen LogP) is 4.03. The quantitative estimate of drug-likeness (QED) is 0.595. The molecule has 0 N–H and O–H groups in total. The molecule has 1 saturated heterocycles. The molecule has 0 radical (unpaired) electrons. The molecule has 0 unspecified atom stereocenters. The highest BCUT2D eigenvalue weighted by Crippen LogP contribution is 2.30. The third-order valence-corrected chi connectivity index (χ3v) is 6.24. The molecule has 0 spiro atoms. The van der Waals surface area contributed by atoms with Gasteiger partial charge in [0, 0.05) is 42.9 Å². The lowest BCUT2D eigenvalue weighted by molar-refractivity contribution is -0.134. The van der Waals surface area contributed by atoms with Gasteiger partial charge in [-0.25, -0.2) is 4.98 Å². The standard InChI is InChI=1S/C22H25BrN4O2/c1-25-11-5-7-19(25)20-6-3-2-4-12-27(20)21(28)10-13-26-15-24-18-9-8-16(23)14-17(18)22(26)29/h5,7-9,11,14-15,20H,2-4,6,10,12-13H2,1H3/t20-/m0/s1. The van der Waals surface area contributed by atoms with Crippen molar-refractivity contribution < 1.29 is 4.79 Å². The number of fused-ring (bicyclic) bond motifs is 1. The van der Waals surface area contributed by atoms with Crippen LogP contribution in [0.4, 0.5) is 0 Å². The highest BCUT2D eigenvalue weighted by atomic mass is 79.9. The van der Waals surface area contributed by atoms with Crippen LogP contribution in [0.2, 0.25) is 0 Å². The van der Waals surface area contributed by atoms with Crippen LogP contribution in [0.15, 0.2) is 52.1 Å². The third kappa shape index (κ3) is 4.15. The number of benzene rings is 1. The summed E-state index contributed by atoms with van der Waals surface area (Å²) in [5.74, 6) is 0.0966. The molecule has 0 bridgehead atoms. The zero-order valence-corrected chi connectivity index (χ0v) is 18.1. The second kappa shape index (κ2) is 8.53. The molecule has 2 aromatic heterocycles. The number of carbonyl (C=O) groups excluding carboxylic acids is 1.